The maximum absolute atomic E-state index is 12.2. The van der Waals surface area contributed by atoms with Gasteiger partial charge in [0.2, 0.25) is 5.91 Å². The molecule has 0 bridgehead atoms. The van der Waals surface area contributed by atoms with Gasteiger partial charge in [0.15, 0.2) is 0 Å². The summed E-state index contributed by atoms with van der Waals surface area (Å²) < 4.78 is 15.3. The Bertz CT molecular complexity index is 953. The highest BCUT2D eigenvalue weighted by Gasteiger charge is 2.04. The largest absolute Gasteiger partial charge is 0.361 e. The zero-order valence-electron chi connectivity index (χ0n) is 16.3. The third kappa shape index (κ3) is 6.52. The van der Waals surface area contributed by atoms with Crippen LogP contribution < -0.4 is 10.2 Å². The molecule has 1 amide bonds. The Morgan fingerprint density at radius 2 is 1.72 bits per heavy atom. The van der Waals surface area contributed by atoms with Crippen LogP contribution in [0, 0.1) is 0 Å². The van der Waals surface area contributed by atoms with Gasteiger partial charge >= 0.3 is 0 Å². The summed E-state index contributed by atoms with van der Waals surface area (Å²) >= 11 is 0. The number of aromatic nitrogens is 1. The fourth-order valence-electron chi connectivity index (χ4n) is 3.23. The molecule has 154 valence electrons. The van der Waals surface area contributed by atoms with Crippen molar-refractivity contribution in [1.29, 1.82) is 0 Å². The average molecular weight is 414 g/mol. The Hall–Kier alpha value is -2.48. The van der Waals surface area contributed by atoms with E-state index in [1.807, 2.05) is 18.3 Å². The number of aromatic amines is 1. The number of fused-ring (bicyclic) bond motifs is 1. The highest BCUT2D eigenvalue weighted by molar-refractivity contribution is 7.82. The van der Waals surface area contributed by atoms with Crippen LogP contribution in [0.2, 0.25) is 0 Å². The van der Waals surface area contributed by atoms with Gasteiger partial charge < -0.3 is 4.98 Å². The summed E-state index contributed by atoms with van der Waals surface area (Å²) in [7, 11) is -1.10. The van der Waals surface area contributed by atoms with Gasteiger partial charge in [-0.15, -0.1) is 0 Å². The molecule has 0 aliphatic heterocycles. The number of carbonyl (C=O) groups is 1. The predicted octanol–water partition coefficient (Wildman–Crippen LogP) is 4.04. The third-order valence-electron chi connectivity index (χ3n) is 4.86. The summed E-state index contributed by atoms with van der Waals surface area (Å²) in [4.78, 5) is 14.1. The molecule has 3 rings (SSSR count). The van der Waals surface area contributed by atoms with Gasteiger partial charge in [-0.05, 0) is 47.1 Å². The molecule has 1 heterocycles. The number of benzene rings is 2. The summed E-state index contributed by atoms with van der Waals surface area (Å²) in [5.74, 6) is 0.132. The fourth-order valence-corrected chi connectivity index (χ4v) is 4.20. The van der Waals surface area contributed by atoms with Crippen LogP contribution in [0.25, 0.3) is 22.0 Å². The molecule has 2 aromatic carbocycles. The third-order valence-corrected chi connectivity index (χ3v) is 5.98. The second-order valence-corrected chi connectivity index (χ2v) is 8.33. The van der Waals surface area contributed by atoms with Crippen molar-refractivity contribution in [3.63, 3.8) is 0 Å². The van der Waals surface area contributed by atoms with Crippen LogP contribution in [-0.2, 0) is 21.5 Å². The van der Waals surface area contributed by atoms with Gasteiger partial charge in [0.05, 0.1) is 16.7 Å². The molecule has 1 unspecified atom stereocenters. The van der Waals surface area contributed by atoms with Gasteiger partial charge in [0.25, 0.3) is 0 Å². The number of H-pyrrole nitrogens is 1. The molecule has 0 saturated heterocycles. The molecule has 29 heavy (non-hydrogen) atoms. The van der Waals surface area contributed by atoms with Crippen molar-refractivity contribution in [2.45, 2.75) is 37.9 Å². The number of carbonyl (C=O) groups excluding carboxylic acids is 1. The lowest BCUT2D eigenvalue weighted by Crippen LogP contribution is -2.20. The highest BCUT2D eigenvalue weighted by Crippen LogP contribution is 2.24. The smallest absolute Gasteiger partial charge is 0.243 e. The highest BCUT2D eigenvalue weighted by atomic mass is 32.2. The minimum absolute atomic E-state index is 0.338. The van der Waals surface area contributed by atoms with E-state index in [0.717, 1.165) is 47.9 Å². The lowest BCUT2D eigenvalue weighted by Gasteiger charge is -2.07. The number of hydrogen-bond donors (Lipinski definition) is 4. The molecule has 0 aliphatic carbocycles. The van der Waals surface area contributed by atoms with E-state index in [1.165, 1.54) is 5.39 Å². The Kier molecular flexibility index (Phi) is 7.98. The zero-order valence-corrected chi connectivity index (χ0v) is 17.1. The number of rotatable bonds is 11. The van der Waals surface area contributed by atoms with E-state index in [1.54, 1.807) is 5.48 Å². The van der Waals surface area contributed by atoms with Crippen LogP contribution in [0.3, 0.4) is 0 Å². The van der Waals surface area contributed by atoms with Gasteiger partial charge in [-0.25, -0.2) is 14.4 Å². The van der Waals surface area contributed by atoms with E-state index in [-0.39, 0.29) is 5.91 Å². The van der Waals surface area contributed by atoms with E-state index < -0.39 is 11.0 Å². The quantitative estimate of drug-likeness (QED) is 0.217. The number of hydrogen-bond acceptors (Lipinski definition) is 3. The summed E-state index contributed by atoms with van der Waals surface area (Å²) in [6.45, 7) is 0.688. The van der Waals surface area contributed by atoms with Crippen LogP contribution in [0.4, 0.5) is 0 Å². The second kappa shape index (κ2) is 10.9. The molecule has 0 saturated carbocycles. The number of unbranched alkanes of at least 4 members (excludes halogenated alkanes) is 3. The van der Waals surface area contributed by atoms with Crippen LogP contribution >= 0.6 is 0 Å². The van der Waals surface area contributed by atoms with Gasteiger partial charge in [0.1, 0.15) is 0 Å². The van der Waals surface area contributed by atoms with E-state index >= 15 is 0 Å². The second-order valence-electron chi connectivity index (χ2n) is 7.06. The first kappa shape index (κ1) is 21.2. The van der Waals surface area contributed by atoms with E-state index in [0.29, 0.717) is 18.7 Å². The maximum Gasteiger partial charge on any atom is 0.243 e. The summed E-state index contributed by atoms with van der Waals surface area (Å²) in [6.07, 6.45) is 5.81. The fraction of sp³-hybridized carbons (Fsp3) is 0.318. The normalized spacial score (nSPS) is 12.2. The molecule has 0 radical (unpaired) electrons. The molecular formula is C22H27N3O3S. The van der Waals surface area contributed by atoms with Crippen molar-refractivity contribution in [2.75, 3.05) is 6.54 Å². The van der Waals surface area contributed by atoms with E-state index in [4.69, 9.17) is 5.21 Å². The number of nitrogens with one attached hydrogen (secondary N) is 3. The van der Waals surface area contributed by atoms with Gasteiger partial charge in [-0.2, -0.15) is 0 Å². The molecule has 3 aromatic rings. The maximum atomic E-state index is 12.2. The lowest BCUT2D eigenvalue weighted by molar-refractivity contribution is -0.129. The monoisotopic (exact) mass is 413 g/mol. The molecule has 1 aromatic heterocycles. The first-order chi connectivity index (χ1) is 14.2. The molecule has 0 aliphatic rings. The summed E-state index contributed by atoms with van der Waals surface area (Å²) in [5.41, 5.74) is 6.08. The zero-order chi connectivity index (χ0) is 20.5. The molecule has 4 N–H and O–H groups in total. The molecule has 0 fully saturated rings. The standard InChI is InChI=1S/C22H27N3O3S/c26-22(25-27)5-3-1-2-4-13-24-29(28)16-17-6-8-18(9-7-17)20-11-10-19-12-14-23-21(19)15-20/h6-12,14-15,23-24,27H,1-5,13,16H2,(H,25,26). The molecule has 0 spiro atoms. The molecule has 1 atom stereocenters. The van der Waals surface area contributed by atoms with Crippen LogP contribution in [0.5, 0.6) is 0 Å². The topological polar surface area (TPSA) is 94.2 Å². The van der Waals surface area contributed by atoms with Crippen molar-refractivity contribution in [3.05, 3.63) is 60.3 Å². The first-order valence-corrected chi connectivity index (χ1v) is 11.2. The van der Waals surface area contributed by atoms with E-state index in [2.05, 4.69) is 46.1 Å². The lowest BCUT2D eigenvalue weighted by atomic mass is 10.0. The minimum Gasteiger partial charge on any atom is -0.361 e. The Labute approximate surface area is 173 Å². The summed E-state index contributed by atoms with van der Waals surface area (Å²) in [5, 5.41) is 9.61. The van der Waals surface area contributed by atoms with Gasteiger partial charge in [-0.1, -0.05) is 49.2 Å². The molecule has 6 nitrogen and oxygen atoms in total. The van der Waals surface area contributed by atoms with Crippen LogP contribution in [0.15, 0.2) is 54.7 Å². The first-order valence-electron chi connectivity index (χ1n) is 9.87. The molecule has 7 heteroatoms. The van der Waals surface area contributed by atoms with Crippen LogP contribution in [-0.4, -0.2) is 26.9 Å². The van der Waals surface area contributed by atoms with Crippen LogP contribution in [0.1, 0.15) is 37.7 Å². The number of hydroxylamine groups is 1. The van der Waals surface area contributed by atoms with E-state index in [9.17, 15) is 9.00 Å². The predicted molar refractivity (Wildman–Crippen MR) is 117 cm³/mol. The Morgan fingerprint density at radius 3 is 2.52 bits per heavy atom. The number of amides is 1. The Morgan fingerprint density at radius 1 is 0.966 bits per heavy atom. The van der Waals surface area contributed by atoms with Crippen molar-refractivity contribution in [1.82, 2.24) is 15.2 Å². The SMILES string of the molecule is O=C(CCCCCCNS(=O)Cc1ccc(-c2ccc3cc[nH]c3c2)cc1)NO. The van der Waals surface area contributed by atoms with Gasteiger partial charge in [0, 0.05) is 24.7 Å². The van der Waals surface area contributed by atoms with Crippen molar-refractivity contribution < 1.29 is 14.2 Å². The molecular weight excluding hydrogens is 386 g/mol. The van der Waals surface area contributed by atoms with Crippen molar-refractivity contribution >= 4 is 27.8 Å². The van der Waals surface area contributed by atoms with Crippen molar-refractivity contribution in [2.24, 2.45) is 0 Å². The Balaban J connectivity index is 1.39. The van der Waals surface area contributed by atoms with Gasteiger partial charge in [-0.3, -0.25) is 10.0 Å². The minimum atomic E-state index is -1.10. The summed E-state index contributed by atoms with van der Waals surface area (Å²) in [6, 6.07) is 16.6. The van der Waals surface area contributed by atoms with Crippen molar-refractivity contribution in [3.8, 4) is 11.1 Å². The average Bonchev–Trinajstić information content (AvgIpc) is 3.21.